The van der Waals surface area contributed by atoms with E-state index in [9.17, 15) is 4.79 Å². The van der Waals surface area contributed by atoms with Crippen LogP contribution < -0.4 is 15.4 Å². The van der Waals surface area contributed by atoms with E-state index in [-0.39, 0.29) is 12.5 Å². The fraction of sp³-hybridized carbons (Fsp3) is 0.278. The highest BCUT2D eigenvalue weighted by molar-refractivity contribution is 6.30. The molecule has 0 radical (unpaired) electrons. The first kappa shape index (κ1) is 17.2. The molecule has 1 amide bonds. The van der Waals surface area contributed by atoms with Crippen molar-refractivity contribution < 1.29 is 9.53 Å². The van der Waals surface area contributed by atoms with Crippen molar-refractivity contribution in [1.29, 1.82) is 0 Å². The molecule has 5 heteroatoms. The van der Waals surface area contributed by atoms with Gasteiger partial charge in [0.2, 0.25) is 5.91 Å². The Balaban J connectivity index is 1.78. The molecule has 0 saturated heterocycles. The summed E-state index contributed by atoms with van der Waals surface area (Å²) in [5.41, 5.74) is 1.55. The maximum Gasteiger partial charge on any atom is 0.243 e. The Hall–Kier alpha value is -2.20. The van der Waals surface area contributed by atoms with Gasteiger partial charge in [0.15, 0.2) is 0 Å². The van der Waals surface area contributed by atoms with Gasteiger partial charge in [-0.2, -0.15) is 0 Å². The summed E-state index contributed by atoms with van der Waals surface area (Å²) in [6, 6.07) is 14.6. The van der Waals surface area contributed by atoms with Crippen molar-refractivity contribution in [3.63, 3.8) is 0 Å². The summed E-state index contributed by atoms with van der Waals surface area (Å²) in [7, 11) is 0. The lowest BCUT2D eigenvalue weighted by molar-refractivity contribution is -0.114. The topological polar surface area (TPSA) is 50.4 Å². The zero-order valence-electron chi connectivity index (χ0n) is 13.1. The average molecular weight is 333 g/mol. The molecular formula is C18H21ClN2O2. The molecule has 122 valence electrons. The maximum absolute atomic E-state index is 11.9. The monoisotopic (exact) mass is 332 g/mol. The first-order chi connectivity index (χ1) is 11.2. The first-order valence-electron chi connectivity index (χ1n) is 7.69. The number of ether oxygens (including phenoxy) is 1. The highest BCUT2D eigenvalue weighted by atomic mass is 35.5. The van der Waals surface area contributed by atoms with Crippen LogP contribution in [0.5, 0.6) is 5.75 Å². The van der Waals surface area contributed by atoms with Crippen LogP contribution in [0.1, 0.15) is 19.8 Å². The highest BCUT2D eigenvalue weighted by Gasteiger charge is 2.03. The lowest BCUT2D eigenvalue weighted by Gasteiger charge is -2.09. The third-order valence-electron chi connectivity index (χ3n) is 3.18. The number of nitrogens with one attached hydrogen (secondary N) is 2. The van der Waals surface area contributed by atoms with E-state index in [0.717, 1.165) is 30.0 Å². The van der Waals surface area contributed by atoms with Crippen molar-refractivity contribution >= 4 is 28.9 Å². The van der Waals surface area contributed by atoms with Gasteiger partial charge in [0.05, 0.1) is 13.2 Å². The third kappa shape index (κ3) is 6.20. The lowest BCUT2D eigenvalue weighted by Crippen LogP contribution is -2.21. The Kier molecular flexibility index (Phi) is 6.76. The Morgan fingerprint density at radius 1 is 1.13 bits per heavy atom. The molecule has 2 aromatic carbocycles. The Labute approximate surface area is 141 Å². The number of hydrogen-bond acceptors (Lipinski definition) is 3. The summed E-state index contributed by atoms with van der Waals surface area (Å²) in [5, 5.41) is 6.49. The third-order valence-corrected chi connectivity index (χ3v) is 3.42. The van der Waals surface area contributed by atoms with Gasteiger partial charge in [0.25, 0.3) is 0 Å². The van der Waals surface area contributed by atoms with E-state index in [1.54, 1.807) is 12.1 Å². The Morgan fingerprint density at radius 3 is 2.61 bits per heavy atom. The van der Waals surface area contributed by atoms with Crippen molar-refractivity contribution in [2.24, 2.45) is 0 Å². The van der Waals surface area contributed by atoms with Gasteiger partial charge in [-0.25, -0.2) is 0 Å². The summed E-state index contributed by atoms with van der Waals surface area (Å²) < 4.78 is 5.59. The number of unbranched alkanes of at least 4 members (excludes halogenated alkanes) is 1. The minimum absolute atomic E-state index is 0.121. The van der Waals surface area contributed by atoms with Gasteiger partial charge < -0.3 is 15.4 Å². The predicted octanol–water partition coefficient (Wildman–Crippen LogP) is 4.57. The summed E-state index contributed by atoms with van der Waals surface area (Å²) in [6.07, 6.45) is 2.14. The minimum atomic E-state index is -0.121. The fourth-order valence-corrected chi connectivity index (χ4v) is 2.15. The van der Waals surface area contributed by atoms with Gasteiger partial charge in [0.1, 0.15) is 5.75 Å². The molecule has 2 N–H and O–H groups in total. The van der Waals surface area contributed by atoms with Gasteiger partial charge in [-0.05, 0) is 48.9 Å². The van der Waals surface area contributed by atoms with Crippen LogP contribution in [0.4, 0.5) is 11.4 Å². The molecule has 0 heterocycles. The normalized spacial score (nSPS) is 10.2. The quantitative estimate of drug-likeness (QED) is 0.696. The predicted molar refractivity (Wildman–Crippen MR) is 95.4 cm³/mol. The second-order valence-corrected chi connectivity index (χ2v) is 5.57. The molecule has 0 fully saturated rings. The van der Waals surface area contributed by atoms with E-state index in [0.29, 0.717) is 11.6 Å². The van der Waals surface area contributed by atoms with E-state index in [1.165, 1.54) is 0 Å². The van der Waals surface area contributed by atoms with E-state index in [2.05, 4.69) is 17.6 Å². The molecule has 0 unspecified atom stereocenters. The van der Waals surface area contributed by atoms with Crippen molar-refractivity contribution in [2.45, 2.75) is 19.8 Å². The Morgan fingerprint density at radius 2 is 1.91 bits per heavy atom. The molecule has 0 spiro atoms. The molecule has 0 atom stereocenters. The number of benzene rings is 2. The number of carbonyl (C=O) groups excluding carboxylic acids is 1. The smallest absolute Gasteiger partial charge is 0.243 e. The van der Waals surface area contributed by atoms with E-state index in [1.807, 2.05) is 36.4 Å². The van der Waals surface area contributed by atoms with E-state index < -0.39 is 0 Å². The zero-order valence-corrected chi connectivity index (χ0v) is 13.9. The van der Waals surface area contributed by atoms with Crippen LogP contribution in [-0.4, -0.2) is 19.1 Å². The molecule has 0 saturated carbocycles. The van der Waals surface area contributed by atoms with Gasteiger partial charge in [-0.1, -0.05) is 31.0 Å². The summed E-state index contributed by atoms with van der Waals surface area (Å²) in [5.74, 6) is 0.693. The fourth-order valence-electron chi connectivity index (χ4n) is 1.95. The van der Waals surface area contributed by atoms with Crippen LogP contribution in [0.25, 0.3) is 0 Å². The molecule has 0 aliphatic rings. The van der Waals surface area contributed by atoms with Crippen LogP contribution in [-0.2, 0) is 4.79 Å². The maximum atomic E-state index is 11.9. The number of rotatable bonds is 8. The highest BCUT2D eigenvalue weighted by Crippen LogP contribution is 2.17. The first-order valence-corrected chi connectivity index (χ1v) is 8.07. The molecule has 2 rings (SSSR count). The van der Waals surface area contributed by atoms with Crippen molar-refractivity contribution in [3.8, 4) is 5.75 Å². The summed E-state index contributed by atoms with van der Waals surface area (Å²) >= 11 is 5.90. The van der Waals surface area contributed by atoms with Crippen LogP contribution >= 0.6 is 11.6 Å². The number of anilines is 2. The molecule has 23 heavy (non-hydrogen) atoms. The van der Waals surface area contributed by atoms with Crippen LogP contribution in [0.15, 0.2) is 48.5 Å². The lowest BCUT2D eigenvalue weighted by atomic mass is 10.3. The molecule has 0 bridgehead atoms. The van der Waals surface area contributed by atoms with Gasteiger partial charge in [-0.15, -0.1) is 0 Å². The molecule has 2 aromatic rings. The van der Waals surface area contributed by atoms with Gasteiger partial charge in [0, 0.05) is 16.4 Å². The SMILES string of the molecule is CCCCOc1ccc(NC(=O)CNc2cccc(Cl)c2)cc1. The van der Waals surface area contributed by atoms with Crippen LogP contribution in [0.2, 0.25) is 5.02 Å². The van der Waals surface area contributed by atoms with Crippen LogP contribution in [0.3, 0.4) is 0 Å². The summed E-state index contributed by atoms with van der Waals surface area (Å²) in [4.78, 5) is 11.9. The minimum Gasteiger partial charge on any atom is -0.494 e. The van der Waals surface area contributed by atoms with Gasteiger partial charge in [-0.3, -0.25) is 4.79 Å². The number of amides is 1. The largest absolute Gasteiger partial charge is 0.494 e. The van der Waals surface area contributed by atoms with E-state index in [4.69, 9.17) is 16.3 Å². The molecule has 0 aliphatic heterocycles. The van der Waals surface area contributed by atoms with Crippen molar-refractivity contribution in [2.75, 3.05) is 23.8 Å². The number of halogens is 1. The standard InChI is InChI=1S/C18H21ClN2O2/c1-2-3-11-23-17-9-7-15(8-10-17)21-18(22)13-20-16-6-4-5-14(19)12-16/h4-10,12,20H,2-3,11,13H2,1H3,(H,21,22). The second-order valence-electron chi connectivity index (χ2n) is 5.14. The zero-order chi connectivity index (χ0) is 16.5. The molecular weight excluding hydrogens is 312 g/mol. The van der Waals surface area contributed by atoms with E-state index >= 15 is 0 Å². The average Bonchev–Trinajstić information content (AvgIpc) is 2.55. The van der Waals surface area contributed by atoms with Crippen molar-refractivity contribution in [1.82, 2.24) is 0 Å². The summed E-state index contributed by atoms with van der Waals surface area (Å²) in [6.45, 7) is 3.01. The molecule has 4 nitrogen and oxygen atoms in total. The molecule has 0 aliphatic carbocycles. The van der Waals surface area contributed by atoms with Gasteiger partial charge >= 0.3 is 0 Å². The van der Waals surface area contributed by atoms with Crippen molar-refractivity contribution in [3.05, 3.63) is 53.6 Å². The second kappa shape index (κ2) is 9.06. The number of carbonyl (C=O) groups is 1. The number of hydrogen-bond donors (Lipinski definition) is 2. The Bertz CT molecular complexity index is 629. The van der Waals surface area contributed by atoms with Crippen LogP contribution in [0, 0.1) is 0 Å². The molecule has 0 aromatic heterocycles.